The van der Waals surface area contributed by atoms with E-state index in [4.69, 9.17) is 14.2 Å². The Bertz CT molecular complexity index is 1150. The number of benzene rings is 2. The summed E-state index contributed by atoms with van der Waals surface area (Å²) in [5.74, 6) is 3.41. The molecule has 200 valence electrons. The Balaban J connectivity index is 1.90. The summed E-state index contributed by atoms with van der Waals surface area (Å²) in [4.78, 5) is 0. The Hall–Kier alpha value is -3.13. The molecule has 1 N–H and O–H groups in total. The van der Waals surface area contributed by atoms with Gasteiger partial charge in [0, 0.05) is 23.7 Å². The van der Waals surface area contributed by atoms with E-state index in [0.29, 0.717) is 25.0 Å². The van der Waals surface area contributed by atoms with E-state index in [1.165, 1.54) is 5.56 Å². The maximum absolute atomic E-state index is 6.38. The zero-order valence-corrected chi connectivity index (χ0v) is 22.9. The summed E-state index contributed by atoms with van der Waals surface area (Å²) < 4.78 is 20.5. The topological polar surface area (TPSA) is 83.3 Å². The van der Waals surface area contributed by atoms with E-state index in [0.717, 1.165) is 79.1 Å². The molecule has 8 nitrogen and oxygen atoms in total. The molecule has 0 spiro atoms. The van der Waals surface area contributed by atoms with Gasteiger partial charge in [-0.15, -0.1) is 5.10 Å². The van der Waals surface area contributed by atoms with Gasteiger partial charge in [-0.2, -0.15) is 0 Å². The van der Waals surface area contributed by atoms with Gasteiger partial charge in [0.2, 0.25) is 0 Å². The molecule has 0 saturated carbocycles. The lowest BCUT2D eigenvalue weighted by Gasteiger charge is -2.20. The van der Waals surface area contributed by atoms with Crippen LogP contribution in [0, 0.1) is 0 Å². The van der Waals surface area contributed by atoms with Crippen LogP contribution in [0.25, 0.3) is 22.5 Å². The van der Waals surface area contributed by atoms with Crippen molar-refractivity contribution in [3.63, 3.8) is 0 Å². The highest BCUT2D eigenvalue weighted by molar-refractivity contribution is 5.83. The van der Waals surface area contributed by atoms with Gasteiger partial charge in [0.15, 0.2) is 5.82 Å². The van der Waals surface area contributed by atoms with Crippen LogP contribution in [0.1, 0.15) is 77.3 Å². The molecule has 1 aliphatic rings. The summed E-state index contributed by atoms with van der Waals surface area (Å²) in [6.45, 7) is 11.8. The number of nitrogens with zero attached hydrogens (tertiary/aromatic N) is 4. The van der Waals surface area contributed by atoms with E-state index < -0.39 is 0 Å². The first-order valence-electron chi connectivity index (χ1n) is 13.7. The average molecular weight is 508 g/mol. The van der Waals surface area contributed by atoms with Gasteiger partial charge < -0.3 is 19.5 Å². The Morgan fingerprint density at radius 3 is 2.27 bits per heavy atom. The van der Waals surface area contributed by atoms with Crippen LogP contribution < -0.4 is 19.5 Å². The van der Waals surface area contributed by atoms with Crippen LogP contribution in [-0.2, 0) is 0 Å². The van der Waals surface area contributed by atoms with Gasteiger partial charge in [-0.25, -0.2) is 4.68 Å². The molecule has 0 aliphatic carbocycles. The molecule has 1 atom stereocenters. The maximum Gasteiger partial charge on any atom is 0.186 e. The van der Waals surface area contributed by atoms with Crippen LogP contribution in [0.2, 0.25) is 0 Å². The van der Waals surface area contributed by atoms with Gasteiger partial charge in [-0.1, -0.05) is 46.6 Å². The van der Waals surface area contributed by atoms with Crippen molar-refractivity contribution in [2.24, 2.45) is 0 Å². The minimum atomic E-state index is 0.205. The summed E-state index contributed by atoms with van der Waals surface area (Å²) in [6.07, 6.45) is 5.04. The molecular formula is C29H41N5O3. The van der Waals surface area contributed by atoms with E-state index in [2.05, 4.69) is 66.7 Å². The molecule has 3 aromatic rings. The summed E-state index contributed by atoms with van der Waals surface area (Å²) in [7, 11) is 1.71. The van der Waals surface area contributed by atoms with Crippen LogP contribution in [0.15, 0.2) is 30.3 Å². The van der Waals surface area contributed by atoms with Gasteiger partial charge in [0.1, 0.15) is 17.2 Å². The average Bonchev–Trinajstić information content (AvgIpc) is 3.61. The smallest absolute Gasteiger partial charge is 0.186 e. The Labute approximate surface area is 220 Å². The van der Waals surface area contributed by atoms with Gasteiger partial charge >= 0.3 is 0 Å². The summed E-state index contributed by atoms with van der Waals surface area (Å²) >= 11 is 0. The highest BCUT2D eigenvalue weighted by Crippen LogP contribution is 2.44. The zero-order chi connectivity index (χ0) is 26.2. The summed E-state index contributed by atoms with van der Waals surface area (Å²) in [5.41, 5.74) is 4.04. The molecular weight excluding hydrogens is 466 g/mol. The van der Waals surface area contributed by atoms with Crippen LogP contribution in [0.5, 0.6) is 17.2 Å². The third-order valence-electron chi connectivity index (χ3n) is 6.89. The third kappa shape index (κ3) is 6.24. The first kappa shape index (κ1) is 26.9. The number of ether oxygens (including phenoxy) is 3. The number of methoxy groups -OCH3 is 1. The largest absolute Gasteiger partial charge is 0.496 e. The number of rotatable bonds is 13. The molecule has 1 fully saturated rings. The van der Waals surface area contributed by atoms with Gasteiger partial charge in [-0.05, 0) is 65.9 Å². The minimum Gasteiger partial charge on any atom is -0.496 e. The van der Waals surface area contributed by atoms with Crippen LogP contribution >= 0.6 is 0 Å². The zero-order valence-electron chi connectivity index (χ0n) is 22.9. The van der Waals surface area contributed by atoms with Crippen LogP contribution in [-0.4, -0.2) is 53.6 Å². The molecule has 0 radical (unpaired) electrons. The maximum atomic E-state index is 6.38. The van der Waals surface area contributed by atoms with Crippen molar-refractivity contribution in [1.29, 1.82) is 0 Å². The van der Waals surface area contributed by atoms with Crippen molar-refractivity contribution < 1.29 is 14.2 Å². The summed E-state index contributed by atoms with van der Waals surface area (Å²) in [6, 6.07) is 10.7. The lowest BCUT2D eigenvalue weighted by Crippen LogP contribution is -2.16. The minimum absolute atomic E-state index is 0.205. The fraction of sp³-hybridized carbons (Fsp3) is 0.552. The SMILES string of the molecule is CCCCOc1cc(OCCCC)c(-c2nnnn2C2CCNC2)cc1-c1cc(C(C)C)ccc1OC. The molecule has 1 aromatic heterocycles. The molecule has 1 saturated heterocycles. The van der Waals surface area contributed by atoms with Crippen molar-refractivity contribution in [3.05, 3.63) is 35.9 Å². The van der Waals surface area contributed by atoms with Gasteiger partial charge in [0.25, 0.3) is 0 Å². The molecule has 8 heteroatoms. The Morgan fingerprint density at radius 1 is 0.946 bits per heavy atom. The second-order valence-electron chi connectivity index (χ2n) is 9.96. The Kier molecular flexibility index (Phi) is 9.39. The predicted octanol–water partition coefficient (Wildman–Crippen LogP) is 6.03. The number of hydrogen-bond acceptors (Lipinski definition) is 7. The van der Waals surface area contributed by atoms with Crippen molar-refractivity contribution >= 4 is 0 Å². The normalized spacial score (nSPS) is 15.4. The molecule has 2 aromatic carbocycles. The summed E-state index contributed by atoms with van der Waals surface area (Å²) in [5, 5.41) is 16.3. The fourth-order valence-corrected chi connectivity index (χ4v) is 4.60. The monoisotopic (exact) mass is 507 g/mol. The van der Waals surface area contributed by atoms with Gasteiger partial charge in [0.05, 0.1) is 31.9 Å². The van der Waals surface area contributed by atoms with E-state index in [1.54, 1.807) is 7.11 Å². The van der Waals surface area contributed by atoms with E-state index in [9.17, 15) is 0 Å². The van der Waals surface area contributed by atoms with Crippen LogP contribution in [0.3, 0.4) is 0 Å². The highest BCUT2D eigenvalue weighted by atomic mass is 16.5. The van der Waals surface area contributed by atoms with E-state index in [1.807, 2.05) is 16.8 Å². The molecule has 1 aliphatic heterocycles. The number of hydrogen-bond donors (Lipinski definition) is 1. The van der Waals surface area contributed by atoms with Crippen molar-refractivity contribution in [2.45, 2.75) is 71.8 Å². The predicted molar refractivity (Wildman–Crippen MR) is 147 cm³/mol. The lowest BCUT2D eigenvalue weighted by molar-refractivity contribution is 0.295. The van der Waals surface area contributed by atoms with Gasteiger partial charge in [-0.3, -0.25) is 0 Å². The van der Waals surface area contributed by atoms with Crippen molar-refractivity contribution in [3.8, 4) is 39.8 Å². The fourth-order valence-electron chi connectivity index (χ4n) is 4.60. The third-order valence-corrected chi connectivity index (χ3v) is 6.89. The van der Waals surface area contributed by atoms with E-state index >= 15 is 0 Å². The number of unbranched alkanes of at least 4 members (excludes halogenated alkanes) is 2. The number of nitrogens with one attached hydrogen (secondary N) is 1. The standard InChI is InChI=1S/C29H41N5O3/c1-6-8-14-36-27-18-28(37-15-9-7-2)25(29-31-32-33-34(29)22-12-13-30-19-22)17-24(27)23-16-21(20(3)4)10-11-26(23)35-5/h10-11,16-18,20,22,30H,6-9,12-15,19H2,1-5H3. The second kappa shape index (κ2) is 12.9. The molecule has 0 amide bonds. The molecule has 2 heterocycles. The molecule has 0 bridgehead atoms. The first-order valence-corrected chi connectivity index (χ1v) is 13.7. The molecule has 37 heavy (non-hydrogen) atoms. The second-order valence-corrected chi connectivity index (χ2v) is 9.96. The quantitative estimate of drug-likeness (QED) is 0.283. The van der Waals surface area contributed by atoms with Crippen molar-refractivity contribution in [1.82, 2.24) is 25.5 Å². The molecule has 1 unspecified atom stereocenters. The van der Waals surface area contributed by atoms with Crippen LogP contribution in [0.4, 0.5) is 0 Å². The lowest BCUT2D eigenvalue weighted by atomic mass is 9.94. The number of aromatic nitrogens is 4. The van der Waals surface area contributed by atoms with E-state index in [-0.39, 0.29) is 6.04 Å². The number of tetrazole rings is 1. The highest BCUT2D eigenvalue weighted by Gasteiger charge is 2.26. The first-order chi connectivity index (χ1) is 18.1. The Morgan fingerprint density at radius 2 is 1.65 bits per heavy atom. The molecule has 4 rings (SSSR count). The van der Waals surface area contributed by atoms with Crippen molar-refractivity contribution in [2.75, 3.05) is 33.4 Å².